The number of carbonyl (C=O) groups is 1. The summed E-state index contributed by atoms with van der Waals surface area (Å²) in [6.45, 7) is 6.21. The van der Waals surface area contributed by atoms with E-state index in [2.05, 4.69) is 5.32 Å². The summed E-state index contributed by atoms with van der Waals surface area (Å²) in [5.74, 6) is -0.0691. The van der Waals surface area contributed by atoms with Gasteiger partial charge in [0, 0.05) is 12.2 Å². The number of hydrogen-bond acceptors (Lipinski definition) is 4. The number of rotatable bonds is 3. The van der Waals surface area contributed by atoms with Crippen molar-refractivity contribution in [2.75, 3.05) is 21.9 Å². The largest absolute Gasteiger partial charge is 0.325 e. The number of hydrogen-bond donors (Lipinski definition) is 2. The summed E-state index contributed by atoms with van der Waals surface area (Å²) in [6, 6.07) is 6.15. The van der Waals surface area contributed by atoms with Crippen molar-refractivity contribution in [1.82, 2.24) is 0 Å². The average molecular weight is 325 g/mol. The molecule has 1 aromatic rings. The SMILES string of the molecule is CC(C)(C)[C@H](N)C(=O)Nc1ccc(N2CCCS2(=O)=O)cc1. The Kier molecular flexibility index (Phi) is 4.49. The van der Waals surface area contributed by atoms with E-state index in [0.717, 1.165) is 0 Å². The molecular formula is C15H23N3O3S. The number of nitrogens with one attached hydrogen (secondary N) is 1. The van der Waals surface area contributed by atoms with Gasteiger partial charge >= 0.3 is 0 Å². The van der Waals surface area contributed by atoms with Gasteiger partial charge in [0.15, 0.2) is 0 Å². The quantitative estimate of drug-likeness (QED) is 0.881. The average Bonchev–Trinajstić information content (AvgIpc) is 2.77. The van der Waals surface area contributed by atoms with Crippen LogP contribution in [0.5, 0.6) is 0 Å². The second-order valence-corrected chi connectivity index (χ2v) is 8.63. The van der Waals surface area contributed by atoms with Crippen LogP contribution in [0.1, 0.15) is 27.2 Å². The Morgan fingerprint density at radius 2 is 1.86 bits per heavy atom. The highest BCUT2D eigenvalue weighted by molar-refractivity contribution is 7.93. The van der Waals surface area contributed by atoms with Gasteiger partial charge in [0.2, 0.25) is 15.9 Å². The second kappa shape index (κ2) is 5.89. The van der Waals surface area contributed by atoms with Gasteiger partial charge in [0.05, 0.1) is 17.5 Å². The maximum absolute atomic E-state index is 12.1. The Morgan fingerprint density at radius 1 is 1.27 bits per heavy atom. The fraction of sp³-hybridized carbons (Fsp3) is 0.533. The summed E-state index contributed by atoms with van der Waals surface area (Å²) in [4.78, 5) is 12.1. The number of nitrogens with zero attached hydrogens (tertiary/aromatic N) is 1. The molecule has 122 valence electrons. The molecule has 0 radical (unpaired) electrons. The van der Waals surface area contributed by atoms with E-state index < -0.39 is 16.1 Å². The second-order valence-electron chi connectivity index (χ2n) is 6.62. The van der Waals surface area contributed by atoms with Gasteiger partial charge < -0.3 is 11.1 Å². The standard InChI is InChI=1S/C15H23N3O3S/c1-15(2,3)13(16)14(19)17-11-5-7-12(8-6-11)18-9-4-10-22(18,20)21/h5-8,13H,4,9-10,16H2,1-3H3,(H,17,19)/t13-/m1/s1. The zero-order valence-corrected chi connectivity index (χ0v) is 14.0. The topological polar surface area (TPSA) is 92.5 Å². The van der Waals surface area contributed by atoms with Gasteiger partial charge in [0.25, 0.3) is 0 Å². The Bertz CT molecular complexity index is 648. The molecule has 22 heavy (non-hydrogen) atoms. The van der Waals surface area contributed by atoms with E-state index in [0.29, 0.717) is 24.3 Å². The van der Waals surface area contributed by atoms with E-state index in [1.54, 1.807) is 24.3 Å². The predicted octanol–water partition coefficient (Wildman–Crippen LogP) is 1.54. The summed E-state index contributed by atoms with van der Waals surface area (Å²) in [7, 11) is -3.18. The van der Waals surface area contributed by atoms with E-state index >= 15 is 0 Å². The molecule has 1 aliphatic heterocycles. The van der Waals surface area contributed by atoms with Gasteiger partial charge in [-0.2, -0.15) is 0 Å². The fourth-order valence-corrected chi connectivity index (χ4v) is 3.82. The van der Waals surface area contributed by atoms with Crippen LogP contribution in [0, 0.1) is 5.41 Å². The number of benzene rings is 1. The first-order valence-electron chi connectivity index (χ1n) is 7.28. The number of nitrogens with two attached hydrogens (primary N) is 1. The van der Waals surface area contributed by atoms with Gasteiger partial charge in [-0.15, -0.1) is 0 Å². The molecule has 3 N–H and O–H groups in total. The van der Waals surface area contributed by atoms with Gasteiger partial charge in [-0.3, -0.25) is 9.10 Å². The lowest BCUT2D eigenvalue weighted by atomic mass is 9.87. The molecule has 0 aromatic heterocycles. The van der Waals surface area contributed by atoms with Crippen molar-refractivity contribution in [2.24, 2.45) is 11.1 Å². The molecule has 0 saturated carbocycles. The normalized spacial score (nSPS) is 19.0. The Morgan fingerprint density at radius 3 is 2.32 bits per heavy atom. The molecule has 1 heterocycles. The Balaban J connectivity index is 2.08. The molecular weight excluding hydrogens is 302 g/mol. The van der Waals surface area contributed by atoms with Crippen LogP contribution in [0.25, 0.3) is 0 Å². The number of sulfonamides is 1. The van der Waals surface area contributed by atoms with Crippen LogP contribution in [0.2, 0.25) is 0 Å². The third-order valence-corrected chi connectivity index (χ3v) is 5.61. The summed E-state index contributed by atoms with van der Waals surface area (Å²) >= 11 is 0. The third-order valence-electron chi connectivity index (χ3n) is 3.74. The fourth-order valence-electron chi connectivity index (χ4n) is 2.25. The summed E-state index contributed by atoms with van der Waals surface area (Å²) in [5.41, 5.74) is 6.80. The van der Waals surface area contributed by atoms with E-state index in [1.807, 2.05) is 20.8 Å². The van der Waals surface area contributed by atoms with E-state index in [-0.39, 0.29) is 17.1 Å². The summed E-state index contributed by atoms with van der Waals surface area (Å²) in [5, 5.41) is 2.75. The van der Waals surface area contributed by atoms with Gasteiger partial charge in [-0.05, 0) is 36.1 Å². The maximum atomic E-state index is 12.1. The number of amides is 1. The molecule has 0 spiro atoms. The van der Waals surface area contributed by atoms with Crippen molar-refractivity contribution < 1.29 is 13.2 Å². The zero-order chi connectivity index (χ0) is 16.5. The lowest BCUT2D eigenvalue weighted by Gasteiger charge is -2.26. The zero-order valence-electron chi connectivity index (χ0n) is 13.2. The first-order chi connectivity index (χ1) is 10.1. The van der Waals surface area contributed by atoms with Crippen LogP contribution in [0.15, 0.2) is 24.3 Å². The van der Waals surface area contributed by atoms with Crippen LogP contribution in [0.3, 0.4) is 0 Å². The minimum absolute atomic E-state index is 0.186. The van der Waals surface area contributed by atoms with Crippen molar-refractivity contribution in [1.29, 1.82) is 0 Å². The van der Waals surface area contributed by atoms with Crippen molar-refractivity contribution in [3.05, 3.63) is 24.3 Å². The van der Waals surface area contributed by atoms with E-state index in [4.69, 9.17) is 5.73 Å². The first kappa shape index (κ1) is 16.8. The lowest BCUT2D eigenvalue weighted by molar-refractivity contribution is -0.119. The van der Waals surface area contributed by atoms with Crippen LogP contribution >= 0.6 is 0 Å². The minimum atomic E-state index is -3.18. The highest BCUT2D eigenvalue weighted by atomic mass is 32.2. The van der Waals surface area contributed by atoms with Crippen LogP contribution in [-0.2, 0) is 14.8 Å². The molecule has 1 atom stereocenters. The van der Waals surface area contributed by atoms with Crippen molar-refractivity contribution in [2.45, 2.75) is 33.2 Å². The molecule has 1 saturated heterocycles. The van der Waals surface area contributed by atoms with Gasteiger partial charge in [-0.25, -0.2) is 8.42 Å². The molecule has 6 nitrogen and oxygen atoms in total. The van der Waals surface area contributed by atoms with Crippen molar-refractivity contribution in [3.63, 3.8) is 0 Å². The lowest BCUT2D eigenvalue weighted by Crippen LogP contribution is -2.45. The molecule has 1 amide bonds. The monoisotopic (exact) mass is 325 g/mol. The van der Waals surface area contributed by atoms with E-state index in [9.17, 15) is 13.2 Å². The number of carbonyl (C=O) groups excluding carboxylic acids is 1. The molecule has 0 bridgehead atoms. The molecule has 1 fully saturated rings. The van der Waals surface area contributed by atoms with Crippen molar-refractivity contribution >= 4 is 27.3 Å². The van der Waals surface area contributed by atoms with Crippen LogP contribution in [-0.4, -0.2) is 32.7 Å². The predicted molar refractivity (Wildman–Crippen MR) is 88.3 cm³/mol. The van der Waals surface area contributed by atoms with Crippen LogP contribution < -0.4 is 15.4 Å². The maximum Gasteiger partial charge on any atom is 0.241 e. The third kappa shape index (κ3) is 3.59. The summed E-state index contributed by atoms with van der Waals surface area (Å²) in [6.07, 6.45) is 0.640. The molecule has 0 aliphatic carbocycles. The molecule has 0 unspecified atom stereocenters. The highest BCUT2D eigenvalue weighted by Gasteiger charge is 2.29. The van der Waals surface area contributed by atoms with Gasteiger partial charge in [0.1, 0.15) is 0 Å². The molecule has 1 aromatic carbocycles. The Hall–Kier alpha value is -1.60. The number of anilines is 2. The van der Waals surface area contributed by atoms with E-state index in [1.165, 1.54) is 4.31 Å². The van der Waals surface area contributed by atoms with Crippen molar-refractivity contribution in [3.8, 4) is 0 Å². The smallest absolute Gasteiger partial charge is 0.241 e. The Labute approximate surface area is 131 Å². The molecule has 1 aliphatic rings. The highest BCUT2D eigenvalue weighted by Crippen LogP contribution is 2.25. The molecule has 2 rings (SSSR count). The van der Waals surface area contributed by atoms with Crippen LogP contribution in [0.4, 0.5) is 11.4 Å². The first-order valence-corrected chi connectivity index (χ1v) is 8.89. The minimum Gasteiger partial charge on any atom is -0.325 e. The van der Waals surface area contributed by atoms with Gasteiger partial charge in [-0.1, -0.05) is 20.8 Å². The molecule has 7 heteroatoms. The summed E-state index contributed by atoms with van der Waals surface area (Å²) < 4.78 is 25.1.